The van der Waals surface area contributed by atoms with Crippen molar-refractivity contribution >= 4 is 17.2 Å². The van der Waals surface area contributed by atoms with Crippen LogP contribution in [0, 0.1) is 6.92 Å². The molecule has 1 aliphatic rings. The van der Waals surface area contributed by atoms with Crippen LogP contribution in [0.15, 0.2) is 10.2 Å². The smallest absolute Gasteiger partial charge is 0.307 e. The molecule has 1 aromatic rings. The van der Waals surface area contributed by atoms with Crippen molar-refractivity contribution < 1.29 is 9.53 Å². The fourth-order valence-electron chi connectivity index (χ4n) is 2.39. The summed E-state index contributed by atoms with van der Waals surface area (Å²) in [6.07, 6.45) is 0.341. The van der Waals surface area contributed by atoms with Gasteiger partial charge in [-0.3, -0.25) is 14.5 Å². The number of ether oxygens (including phenoxy) is 1. The third kappa shape index (κ3) is 4.66. The molecule has 0 saturated carbocycles. The van der Waals surface area contributed by atoms with E-state index in [2.05, 4.69) is 17.1 Å². The minimum absolute atomic E-state index is 0.00184. The lowest BCUT2D eigenvalue weighted by Gasteiger charge is -2.32. The van der Waals surface area contributed by atoms with Crippen molar-refractivity contribution in [3.63, 3.8) is 0 Å². The molecule has 1 N–H and O–H groups in total. The Morgan fingerprint density at radius 1 is 1.48 bits per heavy atom. The maximum atomic E-state index is 11.9. The monoisotopic (exact) mass is 313 g/mol. The highest BCUT2D eigenvalue weighted by atomic mass is 32.1. The minimum atomic E-state index is -0.00684. The summed E-state index contributed by atoms with van der Waals surface area (Å²) in [4.78, 5) is 25.8. The van der Waals surface area contributed by atoms with E-state index in [1.54, 1.807) is 4.57 Å². The van der Waals surface area contributed by atoms with Crippen molar-refractivity contribution in [2.75, 3.05) is 32.8 Å². The zero-order valence-electron chi connectivity index (χ0n) is 12.6. The van der Waals surface area contributed by atoms with Crippen LogP contribution < -0.4 is 10.2 Å². The molecule has 0 spiro atoms. The van der Waals surface area contributed by atoms with E-state index in [9.17, 15) is 9.59 Å². The highest BCUT2D eigenvalue weighted by Crippen LogP contribution is 2.03. The standard InChI is InChI=1S/C14H23N3O3S/c1-11(16-5-7-20-8-6-16)9-15-13(18)3-4-17-12(2)10-21-14(17)19/h10-11H,3-9H2,1-2H3,(H,15,18). The number of morpholine rings is 1. The SMILES string of the molecule is Cc1csc(=O)n1CCC(=O)NCC(C)N1CCOCC1. The highest BCUT2D eigenvalue weighted by molar-refractivity contribution is 7.07. The van der Waals surface area contributed by atoms with Gasteiger partial charge in [-0.15, -0.1) is 0 Å². The Kier molecular flexibility index (Phi) is 5.96. The van der Waals surface area contributed by atoms with Gasteiger partial charge in [0.1, 0.15) is 0 Å². The van der Waals surface area contributed by atoms with Crippen molar-refractivity contribution in [2.24, 2.45) is 0 Å². The van der Waals surface area contributed by atoms with Crippen molar-refractivity contribution in [2.45, 2.75) is 32.9 Å². The van der Waals surface area contributed by atoms with Crippen molar-refractivity contribution in [3.05, 3.63) is 20.7 Å². The number of aryl methyl sites for hydroxylation is 1. The molecule has 2 heterocycles. The number of rotatable bonds is 6. The molecule has 1 unspecified atom stereocenters. The van der Waals surface area contributed by atoms with Gasteiger partial charge in [0.05, 0.1) is 13.2 Å². The van der Waals surface area contributed by atoms with E-state index in [0.29, 0.717) is 25.6 Å². The van der Waals surface area contributed by atoms with Gasteiger partial charge < -0.3 is 14.6 Å². The summed E-state index contributed by atoms with van der Waals surface area (Å²) in [6.45, 7) is 8.44. The molecule has 118 valence electrons. The number of thiazole rings is 1. The summed E-state index contributed by atoms with van der Waals surface area (Å²) < 4.78 is 6.97. The molecule has 1 aliphatic heterocycles. The average Bonchev–Trinajstić information content (AvgIpc) is 2.82. The normalized spacial score (nSPS) is 17.6. The molecule has 6 nitrogen and oxygen atoms in total. The number of carbonyl (C=O) groups is 1. The molecule has 1 atom stereocenters. The second-order valence-corrected chi connectivity index (χ2v) is 6.17. The third-order valence-electron chi connectivity index (χ3n) is 3.80. The predicted octanol–water partition coefficient (Wildman–Crippen LogP) is 0.445. The molecule has 2 rings (SSSR count). The molecular weight excluding hydrogens is 290 g/mol. The Bertz CT molecular complexity index is 520. The summed E-state index contributed by atoms with van der Waals surface area (Å²) in [5, 5.41) is 4.77. The lowest BCUT2D eigenvalue weighted by atomic mass is 10.2. The van der Waals surface area contributed by atoms with Crippen LogP contribution in [0.5, 0.6) is 0 Å². The second-order valence-electron chi connectivity index (χ2n) is 5.35. The first-order chi connectivity index (χ1) is 10.1. The van der Waals surface area contributed by atoms with E-state index in [-0.39, 0.29) is 10.8 Å². The molecule has 1 fully saturated rings. The van der Waals surface area contributed by atoms with E-state index in [4.69, 9.17) is 4.74 Å². The first kappa shape index (κ1) is 16.2. The Morgan fingerprint density at radius 3 is 2.81 bits per heavy atom. The van der Waals surface area contributed by atoms with E-state index < -0.39 is 0 Å². The highest BCUT2D eigenvalue weighted by Gasteiger charge is 2.17. The number of carbonyl (C=O) groups excluding carboxylic acids is 1. The van der Waals surface area contributed by atoms with Crippen LogP contribution in [0.25, 0.3) is 0 Å². The zero-order chi connectivity index (χ0) is 15.2. The topological polar surface area (TPSA) is 63.6 Å². The molecule has 1 amide bonds. The minimum Gasteiger partial charge on any atom is -0.379 e. The summed E-state index contributed by atoms with van der Waals surface area (Å²) in [6, 6.07) is 0.309. The molecule has 7 heteroatoms. The van der Waals surface area contributed by atoms with Crippen molar-refractivity contribution in [1.82, 2.24) is 14.8 Å². The summed E-state index contributed by atoms with van der Waals surface area (Å²) in [5.74, 6) is -0.00684. The number of hydrogen-bond donors (Lipinski definition) is 1. The van der Waals surface area contributed by atoms with Crippen LogP contribution >= 0.6 is 11.3 Å². The van der Waals surface area contributed by atoms with Crippen LogP contribution in [0.1, 0.15) is 19.0 Å². The second kappa shape index (κ2) is 7.72. The number of amides is 1. The summed E-state index contributed by atoms with van der Waals surface area (Å²) in [5.41, 5.74) is 0.916. The number of nitrogens with zero attached hydrogens (tertiary/aromatic N) is 2. The molecule has 0 aliphatic carbocycles. The maximum Gasteiger partial charge on any atom is 0.307 e. The first-order valence-electron chi connectivity index (χ1n) is 7.31. The van der Waals surface area contributed by atoms with Crippen LogP contribution in [0.3, 0.4) is 0 Å². The number of nitrogens with one attached hydrogen (secondary N) is 1. The first-order valence-corrected chi connectivity index (χ1v) is 8.19. The van der Waals surface area contributed by atoms with Crippen molar-refractivity contribution in [3.8, 4) is 0 Å². The van der Waals surface area contributed by atoms with Crippen LogP contribution in [-0.4, -0.2) is 54.3 Å². The van der Waals surface area contributed by atoms with Gasteiger partial charge in [0.15, 0.2) is 0 Å². The Hall–Kier alpha value is -1.18. The van der Waals surface area contributed by atoms with E-state index in [1.807, 2.05) is 12.3 Å². The van der Waals surface area contributed by atoms with Crippen LogP contribution in [0.4, 0.5) is 0 Å². The van der Waals surface area contributed by atoms with E-state index in [1.165, 1.54) is 11.3 Å². The number of aromatic nitrogens is 1. The molecule has 1 saturated heterocycles. The van der Waals surface area contributed by atoms with Crippen molar-refractivity contribution in [1.29, 1.82) is 0 Å². The van der Waals surface area contributed by atoms with E-state index in [0.717, 1.165) is 32.0 Å². The Labute approximate surface area is 128 Å². The number of hydrogen-bond acceptors (Lipinski definition) is 5. The maximum absolute atomic E-state index is 11.9. The Morgan fingerprint density at radius 2 is 2.19 bits per heavy atom. The van der Waals surface area contributed by atoms with E-state index >= 15 is 0 Å². The average molecular weight is 313 g/mol. The van der Waals surface area contributed by atoms with Gasteiger partial charge >= 0.3 is 4.87 Å². The molecule has 0 aromatic carbocycles. The fourth-order valence-corrected chi connectivity index (χ4v) is 3.15. The fraction of sp³-hybridized carbons (Fsp3) is 0.714. The molecule has 1 aromatic heterocycles. The van der Waals surface area contributed by atoms with Gasteiger partial charge in [0.2, 0.25) is 5.91 Å². The van der Waals surface area contributed by atoms with Gasteiger partial charge in [-0.05, 0) is 13.8 Å². The summed E-state index contributed by atoms with van der Waals surface area (Å²) in [7, 11) is 0. The third-order valence-corrected chi connectivity index (χ3v) is 4.68. The summed E-state index contributed by atoms with van der Waals surface area (Å²) >= 11 is 1.18. The quantitative estimate of drug-likeness (QED) is 0.828. The molecule has 0 radical (unpaired) electrons. The van der Waals surface area contributed by atoms with Gasteiger partial charge in [-0.25, -0.2) is 0 Å². The molecule has 21 heavy (non-hydrogen) atoms. The molecule has 0 bridgehead atoms. The largest absolute Gasteiger partial charge is 0.379 e. The van der Waals surface area contributed by atoms with Crippen LogP contribution in [-0.2, 0) is 16.1 Å². The van der Waals surface area contributed by atoms with Gasteiger partial charge in [-0.1, -0.05) is 11.3 Å². The lowest BCUT2D eigenvalue weighted by molar-refractivity contribution is -0.121. The Balaban J connectivity index is 1.71. The lowest BCUT2D eigenvalue weighted by Crippen LogP contribution is -2.47. The predicted molar refractivity (Wildman–Crippen MR) is 82.8 cm³/mol. The van der Waals surface area contributed by atoms with Crippen LogP contribution in [0.2, 0.25) is 0 Å². The van der Waals surface area contributed by atoms with Gasteiger partial charge in [-0.2, -0.15) is 0 Å². The zero-order valence-corrected chi connectivity index (χ0v) is 13.4. The van der Waals surface area contributed by atoms with Gasteiger partial charge in [0, 0.05) is 49.7 Å². The van der Waals surface area contributed by atoms with Gasteiger partial charge in [0.25, 0.3) is 0 Å². The molecular formula is C14H23N3O3S.